The van der Waals surface area contributed by atoms with E-state index in [1.54, 1.807) is 18.2 Å². The third-order valence-corrected chi connectivity index (χ3v) is 4.95. The maximum atomic E-state index is 13.3. The van der Waals surface area contributed by atoms with E-state index in [-0.39, 0.29) is 22.7 Å². The molecule has 1 aliphatic rings. The van der Waals surface area contributed by atoms with Crippen LogP contribution in [0.2, 0.25) is 5.02 Å². The van der Waals surface area contributed by atoms with Crippen molar-refractivity contribution in [2.24, 2.45) is 0 Å². The van der Waals surface area contributed by atoms with Crippen LogP contribution in [0.4, 0.5) is 8.78 Å². The maximum Gasteiger partial charge on any atom is 0.271 e. The van der Waals surface area contributed by atoms with Gasteiger partial charge < -0.3 is 10.1 Å². The molecule has 1 fully saturated rings. The van der Waals surface area contributed by atoms with Crippen molar-refractivity contribution in [3.8, 4) is 5.88 Å². The number of carbonyl (C=O) groups is 1. The van der Waals surface area contributed by atoms with Crippen molar-refractivity contribution in [3.63, 3.8) is 0 Å². The van der Waals surface area contributed by atoms with Crippen LogP contribution in [0.25, 0.3) is 0 Å². The molecule has 0 atom stereocenters. The molecule has 2 heterocycles. The molecule has 1 aromatic heterocycles. The Balaban J connectivity index is 1.53. The summed E-state index contributed by atoms with van der Waals surface area (Å²) in [5, 5.41) is 3.24. The Morgan fingerprint density at radius 2 is 2.00 bits per heavy atom. The summed E-state index contributed by atoms with van der Waals surface area (Å²) in [5.41, 5.74) is 0.877. The van der Waals surface area contributed by atoms with E-state index in [4.69, 9.17) is 16.3 Å². The summed E-state index contributed by atoms with van der Waals surface area (Å²) in [6.45, 7) is 4.31. The van der Waals surface area contributed by atoms with Crippen LogP contribution in [-0.4, -0.2) is 41.5 Å². The van der Waals surface area contributed by atoms with Crippen LogP contribution in [-0.2, 0) is 6.54 Å². The number of likely N-dealkylation sites (tertiary alicyclic amines) is 1. The molecule has 150 valence electrons. The van der Waals surface area contributed by atoms with Crippen molar-refractivity contribution in [2.75, 3.05) is 19.7 Å². The standard InChI is InChI=1S/C20H22ClF2N3O2/c1-2-28-18-6-4-15(21)19(25-18)20(27)24-14-7-9-26(10-8-14)12-13-3-5-16(22)17(23)11-13/h3-6,11,14H,2,7-10,12H2,1H3,(H,24,27). The predicted octanol–water partition coefficient (Wildman–Crippen LogP) is 3.81. The van der Waals surface area contributed by atoms with Gasteiger partial charge in [-0.1, -0.05) is 17.7 Å². The van der Waals surface area contributed by atoms with Crippen molar-refractivity contribution in [1.82, 2.24) is 15.2 Å². The summed E-state index contributed by atoms with van der Waals surface area (Å²) < 4.78 is 31.7. The lowest BCUT2D eigenvalue weighted by molar-refractivity contribution is 0.0903. The monoisotopic (exact) mass is 409 g/mol. The Bertz CT molecular complexity index is 842. The SMILES string of the molecule is CCOc1ccc(Cl)c(C(=O)NC2CCN(Cc3ccc(F)c(F)c3)CC2)n1. The van der Waals surface area contributed by atoms with Crippen molar-refractivity contribution < 1.29 is 18.3 Å². The molecule has 5 nitrogen and oxygen atoms in total. The molecule has 0 bridgehead atoms. The average Bonchev–Trinajstić information content (AvgIpc) is 2.68. The van der Waals surface area contributed by atoms with Gasteiger partial charge >= 0.3 is 0 Å². The summed E-state index contributed by atoms with van der Waals surface area (Å²) in [4.78, 5) is 18.8. The van der Waals surface area contributed by atoms with Crippen LogP contribution < -0.4 is 10.1 Å². The lowest BCUT2D eigenvalue weighted by atomic mass is 10.0. The molecular weight excluding hydrogens is 388 g/mol. The highest BCUT2D eigenvalue weighted by Gasteiger charge is 2.23. The Kier molecular flexibility index (Phi) is 6.80. The lowest BCUT2D eigenvalue weighted by Gasteiger charge is -2.32. The first-order chi connectivity index (χ1) is 13.5. The smallest absolute Gasteiger partial charge is 0.271 e. The fourth-order valence-electron chi connectivity index (χ4n) is 3.20. The van der Waals surface area contributed by atoms with Crippen LogP contribution in [0.1, 0.15) is 35.8 Å². The number of pyridine rings is 1. The zero-order chi connectivity index (χ0) is 20.1. The van der Waals surface area contributed by atoms with Crippen molar-refractivity contribution >= 4 is 17.5 Å². The Hall–Kier alpha value is -2.25. The molecule has 0 unspecified atom stereocenters. The van der Waals surface area contributed by atoms with Gasteiger partial charge in [-0.05, 0) is 43.5 Å². The topological polar surface area (TPSA) is 54.5 Å². The average molecular weight is 410 g/mol. The second-order valence-electron chi connectivity index (χ2n) is 6.69. The van der Waals surface area contributed by atoms with Gasteiger partial charge in [0.2, 0.25) is 5.88 Å². The Labute approximate surface area is 167 Å². The second-order valence-corrected chi connectivity index (χ2v) is 7.09. The first kappa shape index (κ1) is 20.5. The van der Waals surface area contributed by atoms with E-state index in [2.05, 4.69) is 15.2 Å². The molecule has 1 amide bonds. The van der Waals surface area contributed by atoms with Gasteiger partial charge in [-0.3, -0.25) is 9.69 Å². The highest BCUT2D eigenvalue weighted by molar-refractivity contribution is 6.33. The summed E-state index contributed by atoms with van der Waals surface area (Å²) in [7, 11) is 0. The first-order valence-electron chi connectivity index (χ1n) is 9.22. The molecule has 0 spiro atoms. The minimum absolute atomic E-state index is 0.00215. The number of aromatic nitrogens is 1. The molecular formula is C20H22ClF2N3O2. The largest absolute Gasteiger partial charge is 0.478 e. The molecule has 0 radical (unpaired) electrons. The zero-order valence-corrected chi connectivity index (χ0v) is 16.3. The fraction of sp³-hybridized carbons (Fsp3) is 0.400. The predicted molar refractivity (Wildman–Crippen MR) is 103 cm³/mol. The molecule has 1 saturated heterocycles. The normalized spacial score (nSPS) is 15.4. The molecule has 0 saturated carbocycles. The van der Waals surface area contributed by atoms with Crippen LogP contribution in [0.5, 0.6) is 5.88 Å². The van der Waals surface area contributed by atoms with E-state index < -0.39 is 11.6 Å². The lowest BCUT2D eigenvalue weighted by Crippen LogP contribution is -2.44. The first-order valence-corrected chi connectivity index (χ1v) is 9.60. The van der Waals surface area contributed by atoms with Crippen LogP contribution in [0.15, 0.2) is 30.3 Å². The number of ether oxygens (including phenoxy) is 1. The number of nitrogens with zero attached hydrogens (tertiary/aromatic N) is 2. The van der Waals surface area contributed by atoms with E-state index in [0.29, 0.717) is 19.0 Å². The molecule has 0 aliphatic carbocycles. The number of halogens is 3. The van der Waals surface area contributed by atoms with Crippen molar-refractivity contribution in [1.29, 1.82) is 0 Å². The summed E-state index contributed by atoms with van der Waals surface area (Å²) >= 11 is 6.10. The number of hydrogen-bond donors (Lipinski definition) is 1. The highest BCUT2D eigenvalue weighted by atomic mass is 35.5. The third kappa shape index (κ3) is 5.17. The number of carbonyl (C=O) groups excluding carboxylic acids is 1. The van der Waals surface area contributed by atoms with Gasteiger partial charge in [0.05, 0.1) is 11.6 Å². The summed E-state index contributed by atoms with van der Waals surface area (Å²) in [6, 6.07) is 7.18. The number of rotatable bonds is 6. The van der Waals surface area contributed by atoms with E-state index in [1.807, 2.05) is 6.92 Å². The van der Waals surface area contributed by atoms with E-state index in [9.17, 15) is 13.6 Å². The second kappa shape index (κ2) is 9.30. The zero-order valence-electron chi connectivity index (χ0n) is 15.6. The summed E-state index contributed by atoms with van der Waals surface area (Å²) in [6.07, 6.45) is 1.50. The number of amides is 1. The van der Waals surface area contributed by atoms with Gasteiger partial charge in [0.15, 0.2) is 17.3 Å². The Morgan fingerprint density at radius 3 is 2.68 bits per heavy atom. The minimum atomic E-state index is -0.842. The Morgan fingerprint density at radius 1 is 1.25 bits per heavy atom. The number of piperidine rings is 1. The summed E-state index contributed by atoms with van der Waals surface area (Å²) in [5.74, 6) is -1.65. The molecule has 3 rings (SSSR count). The number of hydrogen-bond acceptors (Lipinski definition) is 4. The van der Waals surface area contributed by atoms with Gasteiger partial charge in [0.1, 0.15) is 0 Å². The molecule has 2 aromatic rings. The molecule has 28 heavy (non-hydrogen) atoms. The van der Waals surface area contributed by atoms with E-state index >= 15 is 0 Å². The maximum absolute atomic E-state index is 13.3. The third-order valence-electron chi connectivity index (χ3n) is 4.64. The van der Waals surface area contributed by atoms with Gasteiger partial charge in [-0.2, -0.15) is 0 Å². The highest BCUT2D eigenvalue weighted by Crippen LogP contribution is 2.20. The van der Waals surface area contributed by atoms with Crippen LogP contribution in [0, 0.1) is 11.6 Å². The molecule has 1 aromatic carbocycles. The van der Waals surface area contributed by atoms with Crippen molar-refractivity contribution in [3.05, 3.63) is 58.2 Å². The van der Waals surface area contributed by atoms with Gasteiger partial charge in [-0.15, -0.1) is 0 Å². The van der Waals surface area contributed by atoms with Crippen LogP contribution >= 0.6 is 11.6 Å². The fourth-order valence-corrected chi connectivity index (χ4v) is 3.39. The van der Waals surface area contributed by atoms with Crippen molar-refractivity contribution in [2.45, 2.75) is 32.4 Å². The number of nitrogens with one attached hydrogen (secondary N) is 1. The van der Waals surface area contributed by atoms with Gasteiger partial charge in [0, 0.05) is 31.7 Å². The quantitative estimate of drug-likeness (QED) is 0.788. The number of benzene rings is 1. The molecule has 8 heteroatoms. The minimum Gasteiger partial charge on any atom is -0.478 e. The van der Waals surface area contributed by atoms with E-state index in [1.165, 1.54) is 6.07 Å². The molecule has 1 aliphatic heterocycles. The van der Waals surface area contributed by atoms with E-state index in [0.717, 1.165) is 37.6 Å². The van der Waals surface area contributed by atoms with Crippen LogP contribution in [0.3, 0.4) is 0 Å². The molecule has 1 N–H and O–H groups in total. The van der Waals surface area contributed by atoms with Gasteiger partial charge in [0.25, 0.3) is 5.91 Å². The van der Waals surface area contributed by atoms with Gasteiger partial charge in [-0.25, -0.2) is 13.8 Å².